The highest BCUT2D eigenvalue weighted by molar-refractivity contribution is 5.95. The zero-order chi connectivity index (χ0) is 25.8. The van der Waals surface area contributed by atoms with Gasteiger partial charge in [0.2, 0.25) is 11.7 Å². The van der Waals surface area contributed by atoms with Crippen LogP contribution in [0.5, 0.6) is 0 Å². The van der Waals surface area contributed by atoms with Crippen molar-refractivity contribution in [2.45, 2.75) is 70.0 Å². The Morgan fingerprint density at radius 3 is 2.33 bits per heavy atom. The van der Waals surface area contributed by atoms with Crippen LogP contribution in [0.2, 0.25) is 0 Å². The van der Waals surface area contributed by atoms with Crippen LogP contribution in [-0.2, 0) is 17.6 Å². The van der Waals surface area contributed by atoms with Gasteiger partial charge in [0.1, 0.15) is 0 Å². The Labute approximate surface area is 211 Å². The summed E-state index contributed by atoms with van der Waals surface area (Å²) in [6, 6.07) is 22.0. The molecule has 1 aliphatic rings. The number of nitrogens with zero attached hydrogens (tertiary/aromatic N) is 1. The lowest BCUT2D eigenvalue weighted by atomic mass is 9.81. The van der Waals surface area contributed by atoms with Crippen molar-refractivity contribution in [1.29, 1.82) is 0 Å². The second-order valence-corrected chi connectivity index (χ2v) is 10.0. The zero-order valence-electron chi connectivity index (χ0n) is 20.8. The van der Waals surface area contributed by atoms with Gasteiger partial charge >= 0.3 is 5.92 Å². The number of hydrogen-bond donors (Lipinski definition) is 2. The number of hydrogen-bond acceptors (Lipinski definition) is 3. The molecule has 0 unspecified atom stereocenters. The minimum atomic E-state index is -3.74. The van der Waals surface area contributed by atoms with E-state index in [-0.39, 0.29) is 6.42 Å². The molecule has 192 valence electrons. The van der Waals surface area contributed by atoms with Crippen LogP contribution in [0.1, 0.15) is 56.6 Å². The fourth-order valence-electron chi connectivity index (χ4n) is 4.99. The van der Waals surface area contributed by atoms with Gasteiger partial charge in [-0.2, -0.15) is 0 Å². The van der Waals surface area contributed by atoms with Crippen molar-refractivity contribution in [3.8, 4) is 0 Å². The molecule has 2 N–H and O–H groups in total. The number of halogens is 2. The molecule has 1 amide bonds. The van der Waals surface area contributed by atoms with Crippen molar-refractivity contribution in [3.63, 3.8) is 0 Å². The average molecular weight is 496 g/mol. The number of unbranched alkanes of at least 4 members (excludes halogenated alkanes) is 2. The summed E-state index contributed by atoms with van der Waals surface area (Å²) in [7, 11) is 0. The molecule has 3 aromatic rings. The van der Waals surface area contributed by atoms with Crippen LogP contribution in [0.4, 0.5) is 14.5 Å². The van der Waals surface area contributed by atoms with Gasteiger partial charge in [-0.05, 0) is 59.7 Å². The molecule has 4 nitrogen and oxygen atoms in total. The summed E-state index contributed by atoms with van der Waals surface area (Å²) in [4.78, 5) is 15.1. The Balaban J connectivity index is 1.55. The van der Waals surface area contributed by atoms with Crippen LogP contribution in [0.15, 0.2) is 66.7 Å². The lowest BCUT2D eigenvalue weighted by Crippen LogP contribution is -2.54. The number of amides is 1. The Hall–Kier alpha value is -2.83. The van der Waals surface area contributed by atoms with E-state index in [9.17, 15) is 23.8 Å². The van der Waals surface area contributed by atoms with Gasteiger partial charge in [0.05, 0.1) is 0 Å². The quantitative estimate of drug-likeness (QED) is 0.272. The minimum absolute atomic E-state index is 0.00298. The largest absolute Gasteiger partial charge is 0.361 e. The SMILES string of the molecule is CCCCCc1ccc(N(CCc2ccc3ccccc3c2)C(=O)[C@@H]2CCC(O)(O)C(F)(F)C2)cc1. The lowest BCUT2D eigenvalue weighted by Gasteiger charge is -2.39. The second-order valence-electron chi connectivity index (χ2n) is 10.0. The van der Waals surface area contributed by atoms with Crippen molar-refractivity contribution in [2.75, 3.05) is 11.4 Å². The summed E-state index contributed by atoms with van der Waals surface area (Å²) in [6.07, 6.45) is 3.52. The molecule has 1 aliphatic carbocycles. The van der Waals surface area contributed by atoms with Crippen LogP contribution in [0.3, 0.4) is 0 Å². The number of aryl methyl sites for hydroxylation is 1. The Kier molecular flexibility index (Phi) is 8.06. The molecule has 0 heterocycles. The molecule has 4 rings (SSSR count). The summed E-state index contributed by atoms with van der Waals surface area (Å²) < 4.78 is 28.8. The summed E-state index contributed by atoms with van der Waals surface area (Å²) in [5.74, 6) is -8.18. The number of benzene rings is 3. The topological polar surface area (TPSA) is 60.8 Å². The number of anilines is 1. The monoisotopic (exact) mass is 495 g/mol. The van der Waals surface area contributed by atoms with E-state index in [0.29, 0.717) is 18.7 Å². The van der Waals surface area contributed by atoms with E-state index in [1.54, 1.807) is 4.90 Å². The molecule has 0 radical (unpaired) electrons. The van der Waals surface area contributed by atoms with Crippen LogP contribution in [-0.4, -0.2) is 34.4 Å². The van der Waals surface area contributed by atoms with Crippen LogP contribution in [0.25, 0.3) is 10.8 Å². The Bertz CT molecular complexity index is 1180. The number of rotatable bonds is 9. The van der Waals surface area contributed by atoms with E-state index in [1.807, 2.05) is 60.7 Å². The summed E-state index contributed by atoms with van der Waals surface area (Å²) >= 11 is 0. The van der Waals surface area contributed by atoms with E-state index >= 15 is 0 Å². The smallest absolute Gasteiger partial charge is 0.301 e. The van der Waals surface area contributed by atoms with Crippen molar-refractivity contribution in [3.05, 3.63) is 77.9 Å². The van der Waals surface area contributed by atoms with Crippen molar-refractivity contribution in [2.24, 2.45) is 5.92 Å². The number of aliphatic hydroxyl groups is 2. The van der Waals surface area contributed by atoms with E-state index in [2.05, 4.69) is 13.0 Å². The molecular formula is C30H35F2NO3. The highest BCUT2D eigenvalue weighted by Crippen LogP contribution is 2.43. The number of carbonyl (C=O) groups excluding carboxylic acids is 1. The predicted molar refractivity (Wildman–Crippen MR) is 139 cm³/mol. The van der Waals surface area contributed by atoms with Crippen molar-refractivity contribution < 1.29 is 23.8 Å². The van der Waals surface area contributed by atoms with Gasteiger partial charge in [0.15, 0.2) is 0 Å². The first kappa shape index (κ1) is 26.2. The van der Waals surface area contributed by atoms with E-state index in [0.717, 1.165) is 42.0 Å². The first-order chi connectivity index (χ1) is 17.2. The van der Waals surface area contributed by atoms with Crippen molar-refractivity contribution >= 4 is 22.4 Å². The molecule has 1 atom stereocenters. The van der Waals surface area contributed by atoms with Crippen LogP contribution < -0.4 is 4.90 Å². The maximum absolute atomic E-state index is 14.4. The molecule has 36 heavy (non-hydrogen) atoms. The van der Waals surface area contributed by atoms with Gasteiger partial charge in [-0.3, -0.25) is 4.79 Å². The van der Waals surface area contributed by atoms with Crippen LogP contribution >= 0.6 is 0 Å². The third kappa shape index (κ3) is 5.93. The third-order valence-corrected chi connectivity index (χ3v) is 7.30. The van der Waals surface area contributed by atoms with Gasteiger partial charge in [-0.15, -0.1) is 0 Å². The molecule has 0 spiro atoms. The number of fused-ring (bicyclic) bond motifs is 1. The molecule has 0 bridgehead atoms. The first-order valence-corrected chi connectivity index (χ1v) is 12.9. The number of carbonyl (C=O) groups is 1. The molecular weight excluding hydrogens is 460 g/mol. The maximum atomic E-state index is 14.4. The first-order valence-electron chi connectivity index (χ1n) is 12.9. The van der Waals surface area contributed by atoms with Crippen molar-refractivity contribution in [1.82, 2.24) is 0 Å². The van der Waals surface area contributed by atoms with Gasteiger partial charge < -0.3 is 15.1 Å². The standard InChI is InChI=1S/C30H35F2NO3/c1-2-3-4-7-22-11-14-27(15-12-22)33(28(34)26-16-18-30(35,36)29(31,32)21-26)19-17-23-10-13-24-8-5-6-9-25(24)20-23/h5-6,8-15,20,26,35-36H,2-4,7,16-19,21H2,1H3/t26-/m1/s1. The summed E-state index contributed by atoms with van der Waals surface area (Å²) in [6.45, 7) is 2.51. The van der Waals surface area contributed by atoms with Gasteiger partial charge in [-0.1, -0.05) is 74.4 Å². The lowest BCUT2D eigenvalue weighted by molar-refractivity contribution is -0.315. The Morgan fingerprint density at radius 2 is 1.64 bits per heavy atom. The molecule has 0 saturated heterocycles. The molecule has 0 aromatic heterocycles. The molecule has 0 aliphatic heterocycles. The minimum Gasteiger partial charge on any atom is -0.361 e. The molecule has 1 fully saturated rings. The fourth-order valence-corrected chi connectivity index (χ4v) is 4.99. The molecule has 6 heteroatoms. The second kappa shape index (κ2) is 11.1. The van der Waals surface area contributed by atoms with Gasteiger partial charge in [0.25, 0.3) is 0 Å². The number of alkyl halides is 2. The summed E-state index contributed by atoms with van der Waals surface area (Å²) in [5.41, 5.74) is 2.92. The average Bonchev–Trinajstić information content (AvgIpc) is 2.86. The summed E-state index contributed by atoms with van der Waals surface area (Å²) in [5, 5.41) is 21.6. The van der Waals surface area contributed by atoms with E-state index < -0.39 is 36.4 Å². The predicted octanol–water partition coefficient (Wildman–Crippen LogP) is 6.26. The van der Waals surface area contributed by atoms with E-state index in [4.69, 9.17) is 0 Å². The Morgan fingerprint density at radius 1 is 0.944 bits per heavy atom. The molecule has 1 saturated carbocycles. The highest BCUT2D eigenvalue weighted by atomic mass is 19.3. The zero-order valence-corrected chi connectivity index (χ0v) is 20.8. The fraction of sp³-hybridized carbons (Fsp3) is 0.433. The maximum Gasteiger partial charge on any atom is 0.301 e. The normalized spacial score (nSPS) is 18.8. The molecule has 3 aromatic carbocycles. The van der Waals surface area contributed by atoms with Crippen LogP contribution in [0, 0.1) is 5.92 Å². The van der Waals surface area contributed by atoms with Gasteiger partial charge in [-0.25, -0.2) is 8.78 Å². The van der Waals surface area contributed by atoms with E-state index in [1.165, 1.54) is 5.56 Å². The van der Waals surface area contributed by atoms with Gasteiger partial charge in [0, 0.05) is 31.0 Å². The highest BCUT2D eigenvalue weighted by Gasteiger charge is 2.57. The third-order valence-electron chi connectivity index (χ3n) is 7.30.